The van der Waals surface area contributed by atoms with E-state index in [1.165, 1.54) is 12.3 Å². The van der Waals surface area contributed by atoms with Crippen LogP contribution < -0.4 is 0 Å². The molecule has 0 amide bonds. The van der Waals surface area contributed by atoms with Crippen LogP contribution in [0.15, 0.2) is 0 Å². The first-order valence-electron chi connectivity index (χ1n) is 5.92. The highest BCUT2D eigenvalue weighted by Gasteiger charge is 2.58. The van der Waals surface area contributed by atoms with E-state index in [0.717, 1.165) is 35.3 Å². The Labute approximate surface area is 86.9 Å². The minimum Gasteiger partial charge on any atom is -0.179 e. The molecule has 6 atom stereocenters. The molecule has 13 heavy (non-hydrogen) atoms. The SMILES string of the molecule is CC1CC2C(CCS)CC3CC1C32. The van der Waals surface area contributed by atoms with Crippen LogP contribution in [0.5, 0.6) is 0 Å². The average Bonchev–Trinajstić information content (AvgIpc) is 2.42. The Morgan fingerprint density at radius 3 is 2.77 bits per heavy atom. The van der Waals surface area contributed by atoms with Crippen molar-refractivity contribution in [2.45, 2.75) is 32.6 Å². The summed E-state index contributed by atoms with van der Waals surface area (Å²) < 4.78 is 0. The van der Waals surface area contributed by atoms with Crippen molar-refractivity contribution >= 4 is 12.6 Å². The number of hydrogen-bond acceptors (Lipinski definition) is 1. The van der Waals surface area contributed by atoms with Gasteiger partial charge in [0.05, 0.1) is 0 Å². The van der Waals surface area contributed by atoms with Crippen LogP contribution in [0.1, 0.15) is 32.6 Å². The van der Waals surface area contributed by atoms with Gasteiger partial charge < -0.3 is 0 Å². The third kappa shape index (κ3) is 1.06. The van der Waals surface area contributed by atoms with Crippen molar-refractivity contribution in [1.82, 2.24) is 0 Å². The third-order valence-corrected chi connectivity index (χ3v) is 5.45. The van der Waals surface area contributed by atoms with Gasteiger partial charge in [0, 0.05) is 0 Å². The summed E-state index contributed by atoms with van der Waals surface area (Å²) in [6.45, 7) is 2.48. The summed E-state index contributed by atoms with van der Waals surface area (Å²) in [7, 11) is 0. The van der Waals surface area contributed by atoms with Gasteiger partial charge in [-0.3, -0.25) is 0 Å². The van der Waals surface area contributed by atoms with Gasteiger partial charge in [-0.1, -0.05) is 6.92 Å². The Balaban J connectivity index is 1.76. The molecule has 0 spiro atoms. The average molecular weight is 196 g/mol. The molecular weight excluding hydrogens is 176 g/mol. The molecule has 3 saturated carbocycles. The van der Waals surface area contributed by atoms with Crippen LogP contribution in [0.2, 0.25) is 0 Å². The summed E-state index contributed by atoms with van der Waals surface area (Å²) >= 11 is 4.39. The van der Waals surface area contributed by atoms with Crippen LogP contribution in [-0.2, 0) is 0 Å². The van der Waals surface area contributed by atoms with Crippen molar-refractivity contribution in [3.63, 3.8) is 0 Å². The van der Waals surface area contributed by atoms with Crippen LogP contribution in [0.4, 0.5) is 0 Å². The maximum atomic E-state index is 4.39. The quantitative estimate of drug-likeness (QED) is 0.644. The highest BCUT2D eigenvalue weighted by atomic mass is 32.1. The lowest BCUT2D eigenvalue weighted by Gasteiger charge is -2.39. The molecule has 3 aliphatic rings. The van der Waals surface area contributed by atoms with E-state index in [1.807, 2.05) is 0 Å². The summed E-state index contributed by atoms with van der Waals surface area (Å²) in [6.07, 6.45) is 6.06. The standard InChI is InChI=1S/C12H20S/c1-7-4-11-8(2-3-13)5-9-6-10(7)12(9)11/h7-13H,2-6H2,1H3. The van der Waals surface area contributed by atoms with Crippen LogP contribution in [0.25, 0.3) is 0 Å². The molecule has 0 aromatic carbocycles. The molecule has 0 saturated heterocycles. The molecule has 3 fully saturated rings. The molecule has 0 nitrogen and oxygen atoms in total. The number of thiol groups is 1. The van der Waals surface area contributed by atoms with Crippen LogP contribution in [0, 0.1) is 35.5 Å². The summed E-state index contributed by atoms with van der Waals surface area (Å²) in [5, 5.41) is 0. The molecule has 0 radical (unpaired) electrons. The molecule has 1 heteroatoms. The van der Waals surface area contributed by atoms with Gasteiger partial charge in [0.2, 0.25) is 0 Å². The molecule has 0 N–H and O–H groups in total. The number of rotatable bonds is 2. The topological polar surface area (TPSA) is 0 Å². The zero-order chi connectivity index (χ0) is 9.00. The van der Waals surface area contributed by atoms with Crippen LogP contribution in [-0.4, -0.2) is 5.75 Å². The summed E-state index contributed by atoms with van der Waals surface area (Å²) in [5.74, 6) is 7.78. The lowest BCUT2D eigenvalue weighted by atomic mass is 9.65. The van der Waals surface area contributed by atoms with E-state index in [2.05, 4.69) is 19.6 Å². The van der Waals surface area contributed by atoms with Crippen molar-refractivity contribution in [3.05, 3.63) is 0 Å². The second-order valence-electron chi connectivity index (χ2n) is 5.62. The molecule has 0 aromatic rings. The van der Waals surface area contributed by atoms with Gasteiger partial charge in [-0.05, 0) is 66.9 Å². The van der Waals surface area contributed by atoms with Crippen molar-refractivity contribution in [1.29, 1.82) is 0 Å². The number of hydrogen-bond donors (Lipinski definition) is 1. The monoisotopic (exact) mass is 196 g/mol. The van der Waals surface area contributed by atoms with Crippen molar-refractivity contribution in [3.8, 4) is 0 Å². The maximum absolute atomic E-state index is 4.39. The van der Waals surface area contributed by atoms with Crippen LogP contribution in [0.3, 0.4) is 0 Å². The Morgan fingerprint density at radius 2 is 2.00 bits per heavy atom. The van der Waals surface area contributed by atoms with Crippen molar-refractivity contribution in [2.24, 2.45) is 35.5 Å². The minimum absolute atomic E-state index is 1.05. The van der Waals surface area contributed by atoms with Crippen molar-refractivity contribution < 1.29 is 0 Å². The van der Waals surface area contributed by atoms with Gasteiger partial charge in [0.25, 0.3) is 0 Å². The van der Waals surface area contributed by atoms with E-state index in [-0.39, 0.29) is 0 Å². The molecule has 0 bridgehead atoms. The fourth-order valence-corrected chi connectivity index (χ4v) is 5.01. The van der Waals surface area contributed by atoms with Gasteiger partial charge in [-0.25, -0.2) is 0 Å². The molecule has 0 aromatic heterocycles. The first-order valence-corrected chi connectivity index (χ1v) is 6.55. The molecule has 74 valence electrons. The first kappa shape index (κ1) is 8.64. The van der Waals surface area contributed by atoms with E-state index < -0.39 is 0 Å². The van der Waals surface area contributed by atoms with E-state index in [1.54, 1.807) is 19.3 Å². The Morgan fingerprint density at radius 1 is 1.15 bits per heavy atom. The molecule has 6 unspecified atom stereocenters. The molecule has 0 heterocycles. The molecular formula is C12H20S. The molecule has 3 aliphatic carbocycles. The summed E-state index contributed by atoms with van der Waals surface area (Å²) in [4.78, 5) is 0. The van der Waals surface area contributed by atoms with Gasteiger partial charge in [-0.15, -0.1) is 0 Å². The Bertz CT molecular complexity index is 213. The smallest absolute Gasteiger partial charge is 0.00952 e. The lowest BCUT2D eigenvalue weighted by Crippen LogP contribution is -2.33. The second kappa shape index (κ2) is 2.92. The van der Waals surface area contributed by atoms with Gasteiger partial charge in [0.15, 0.2) is 0 Å². The van der Waals surface area contributed by atoms with Crippen molar-refractivity contribution in [2.75, 3.05) is 5.75 Å². The third-order valence-electron chi connectivity index (χ3n) is 5.19. The molecule has 3 rings (SSSR count). The lowest BCUT2D eigenvalue weighted by molar-refractivity contribution is 0.0911. The van der Waals surface area contributed by atoms with Gasteiger partial charge in [-0.2, -0.15) is 12.6 Å². The van der Waals surface area contributed by atoms with Gasteiger partial charge >= 0.3 is 0 Å². The Kier molecular flexibility index (Phi) is 1.94. The zero-order valence-corrected chi connectivity index (χ0v) is 9.34. The maximum Gasteiger partial charge on any atom is -0.00952 e. The second-order valence-corrected chi connectivity index (χ2v) is 6.07. The minimum atomic E-state index is 1.05. The fourth-order valence-electron chi connectivity index (χ4n) is 4.68. The first-order chi connectivity index (χ1) is 6.31. The van der Waals surface area contributed by atoms with E-state index in [4.69, 9.17) is 0 Å². The Hall–Kier alpha value is 0.350. The van der Waals surface area contributed by atoms with Gasteiger partial charge in [0.1, 0.15) is 0 Å². The highest BCUT2D eigenvalue weighted by Crippen LogP contribution is 2.66. The normalized spacial score (nSPS) is 57.7. The van der Waals surface area contributed by atoms with E-state index in [0.29, 0.717) is 0 Å². The predicted octanol–water partition coefficient (Wildman–Crippen LogP) is 3.23. The largest absolute Gasteiger partial charge is 0.179 e. The highest BCUT2D eigenvalue weighted by molar-refractivity contribution is 7.80. The summed E-state index contributed by atoms with van der Waals surface area (Å²) in [5.41, 5.74) is 0. The van der Waals surface area contributed by atoms with Crippen LogP contribution >= 0.6 is 12.6 Å². The zero-order valence-electron chi connectivity index (χ0n) is 8.45. The predicted molar refractivity (Wildman–Crippen MR) is 58.9 cm³/mol. The fraction of sp³-hybridized carbons (Fsp3) is 1.00. The van der Waals surface area contributed by atoms with E-state index in [9.17, 15) is 0 Å². The molecule has 0 aliphatic heterocycles. The van der Waals surface area contributed by atoms with E-state index >= 15 is 0 Å². The summed E-state index contributed by atoms with van der Waals surface area (Å²) in [6, 6.07) is 0.